The Morgan fingerprint density at radius 1 is 1.32 bits per heavy atom. The highest BCUT2D eigenvalue weighted by Crippen LogP contribution is 2.32. The summed E-state index contributed by atoms with van der Waals surface area (Å²) in [5.74, 6) is 0.370. The average molecular weight is 257 g/mol. The van der Waals surface area contributed by atoms with Crippen LogP contribution >= 0.6 is 0 Å². The fourth-order valence-corrected chi connectivity index (χ4v) is 2.74. The van der Waals surface area contributed by atoms with Crippen molar-refractivity contribution in [3.8, 4) is 0 Å². The number of hydrogen-bond acceptors (Lipinski definition) is 4. The van der Waals surface area contributed by atoms with Crippen molar-refractivity contribution >= 4 is 22.1 Å². The van der Waals surface area contributed by atoms with Crippen molar-refractivity contribution in [1.29, 1.82) is 0 Å². The van der Waals surface area contributed by atoms with Crippen LogP contribution in [0.25, 0.3) is 10.8 Å². The second-order valence-electron chi connectivity index (χ2n) is 5.37. The van der Waals surface area contributed by atoms with Crippen molar-refractivity contribution in [3.05, 3.63) is 30.6 Å². The number of piperidine rings is 1. The van der Waals surface area contributed by atoms with E-state index in [1.54, 1.807) is 6.20 Å². The van der Waals surface area contributed by atoms with E-state index in [-0.39, 0.29) is 6.10 Å². The molecule has 1 aliphatic heterocycles. The molecule has 2 aromatic rings. The van der Waals surface area contributed by atoms with Crippen molar-refractivity contribution in [3.63, 3.8) is 0 Å². The van der Waals surface area contributed by atoms with E-state index in [9.17, 15) is 5.11 Å². The third kappa shape index (κ3) is 2.12. The van der Waals surface area contributed by atoms with Crippen LogP contribution in [-0.2, 0) is 0 Å². The van der Waals surface area contributed by atoms with Crippen LogP contribution in [0.15, 0.2) is 30.6 Å². The van der Waals surface area contributed by atoms with Gasteiger partial charge < -0.3 is 15.7 Å². The van der Waals surface area contributed by atoms with Gasteiger partial charge in [0, 0.05) is 47.6 Å². The summed E-state index contributed by atoms with van der Waals surface area (Å²) in [6.45, 7) is 3.74. The molecule has 0 bridgehead atoms. The Hall–Kier alpha value is -1.81. The lowest BCUT2D eigenvalue weighted by Crippen LogP contribution is -2.43. The zero-order chi connectivity index (χ0) is 13.4. The van der Waals surface area contributed by atoms with Gasteiger partial charge in [-0.3, -0.25) is 4.98 Å². The molecule has 0 radical (unpaired) electrons. The van der Waals surface area contributed by atoms with Crippen LogP contribution in [-0.4, -0.2) is 29.3 Å². The molecule has 3 rings (SSSR count). The van der Waals surface area contributed by atoms with Gasteiger partial charge in [-0.05, 0) is 30.5 Å². The van der Waals surface area contributed by atoms with Crippen LogP contribution < -0.4 is 10.6 Å². The van der Waals surface area contributed by atoms with Gasteiger partial charge >= 0.3 is 0 Å². The molecule has 1 aromatic carbocycles. The maximum Gasteiger partial charge on any atom is 0.0741 e. The molecule has 2 heterocycles. The maximum absolute atomic E-state index is 10.1. The van der Waals surface area contributed by atoms with Crippen LogP contribution in [0.1, 0.15) is 13.3 Å². The second-order valence-corrected chi connectivity index (χ2v) is 5.37. The Kier molecular flexibility index (Phi) is 3.03. The predicted molar refractivity (Wildman–Crippen MR) is 78.2 cm³/mol. The smallest absolute Gasteiger partial charge is 0.0741 e. The van der Waals surface area contributed by atoms with E-state index in [1.165, 1.54) is 0 Å². The largest absolute Gasteiger partial charge is 0.398 e. The molecule has 1 saturated heterocycles. The number of aromatic nitrogens is 1. The molecule has 4 heteroatoms. The molecular formula is C15H19N3O. The molecule has 19 heavy (non-hydrogen) atoms. The summed E-state index contributed by atoms with van der Waals surface area (Å²) in [4.78, 5) is 6.43. The molecular weight excluding hydrogens is 238 g/mol. The average Bonchev–Trinajstić information content (AvgIpc) is 2.43. The van der Waals surface area contributed by atoms with Crippen LogP contribution in [0.4, 0.5) is 11.4 Å². The summed E-state index contributed by atoms with van der Waals surface area (Å²) in [5.41, 5.74) is 7.89. The Balaban J connectivity index is 2.04. The Morgan fingerprint density at radius 3 is 2.95 bits per heavy atom. The SMILES string of the molecule is CC1CCN(c2ccc(N)c3ccncc23)CC1O. The van der Waals surface area contributed by atoms with Crippen molar-refractivity contribution in [2.75, 3.05) is 23.7 Å². The zero-order valence-electron chi connectivity index (χ0n) is 11.1. The predicted octanol–water partition coefficient (Wildman–Crippen LogP) is 2.02. The van der Waals surface area contributed by atoms with Crippen LogP contribution in [0.3, 0.4) is 0 Å². The van der Waals surface area contributed by atoms with E-state index in [2.05, 4.69) is 16.8 Å². The number of pyridine rings is 1. The van der Waals surface area contributed by atoms with E-state index < -0.39 is 0 Å². The molecule has 2 atom stereocenters. The van der Waals surface area contributed by atoms with E-state index in [0.29, 0.717) is 12.5 Å². The first-order valence-corrected chi connectivity index (χ1v) is 6.72. The molecule has 2 unspecified atom stereocenters. The lowest BCUT2D eigenvalue weighted by Gasteiger charge is -2.36. The number of nitrogens with two attached hydrogens (primary N) is 1. The van der Waals surface area contributed by atoms with E-state index >= 15 is 0 Å². The summed E-state index contributed by atoms with van der Waals surface area (Å²) in [6, 6.07) is 5.90. The van der Waals surface area contributed by atoms with Crippen molar-refractivity contribution < 1.29 is 5.11 Å². The normalized spacial score (nSPS) is 23.8. The summed E-state index contributed by atoms with van der Waals surface area (Å²) in [7, 11) is 0. The number of nitrogen functional groups attached to an aromatic ring is 1. The van der Waals surface area contributed by atoms with Gasteiger partial charge in [0.15, 0.2) is 0 Å². The topological polar surface area (TPSA) is 62.4 Å². The highest BCUT2D eigenvalue weighted by atomic mass is 16.3. The minimum atomic E-state index is -0.266. The van der Waals surface area contributed by atoms with Gasteiger partial charge in [-0.25, -0.2) is 0 Å². The fraction of sp³-hybridized carbons (Fsp3) is 0.400. The summed E-state index contributed by atoms with van der Waals surface area (Å²) >= 11 is 0. The minimum absolute atomic E-state index is 0.266. The number of anilines is 2. The zero-order valence-corrected chi connectivity index (χ0v) is 11.1. The first-order valence-electron chi connectivity index (χ1n) is 6.72. The standard InChI is InChI=1S/C15H19N3O/c1-10-5-7-18(9-15(10)19)14-3-2-13(16)11-4-6-17-8-12(11)14/h2-4,6,8,10,15,19H,5,7,9,16H2,1H3. The lowest BCUT2D eigenvalue weighted by molar-refractivity contribution is 0.103. The second kappa shape index (κ2) is 4.70. The third-order valence-corrected chi connectivity index (χ3v) is 4.09. The number of benzene rings is 1. The Labute approximate surface area is 112 Å². The lowest BCUT2D eigenvalue weighted by atomic mass is 9.95. The molecule has 3 N–H and O–H groups in total. The van der Waals surface area contributed by atoms with Gasteiger partial charge in [0.2, 0.25) is 0 Å². The highest BCUT2D eigenvalue weighted by molar-refractivity contribution is 6.00. The van der Waals surface area contributed by atoms with Crippen LogP contribution in [0.2, 0.25) is 0 Å². The van der Waals surface area contributed by atoms with Gasteiger partial charge in [-0.2, -0.15) is 0 Å². The first-order chi connectivity index (χ1) is 9.16. The highest BCUT2D eigenvalue weighted by Gasteiger charge is 2.25. The maximum atomic E-state index is 10.1. The summed E-state index contributed by atoms with van der Waals surface area (Å²) < 4.78 is 0. The summed E-state index contributed by atoms with van der Waals surface area (Å²) in [6.07, 6.45) is 4.35. The summed E-state index contributed by atoms with van der Waals surface area (Å²) in [5, 5.41) is 12.1. The molecule has 100 valence electrons. The van der Waals surface area contributed by atoms with Gasteiger partial charge in [0.1, 0.15) is 0 Å². The van der Waals surface area contributed by atoms with Gasteiger partial charge in [-0.15, -0.1) is 0 Å². The third-order valence-electron chi connectivity index (χ3n) is 4.09. The van der Waals surface area contributed by atoms with Crippen LogP contribution in [0.5, 0.6) is 0 Å². The van der Waals surface area contributed by atoms with Gasteiger partial charge in [0.05, 0.1) is 6.10 Å². The number of rotatable bonds is 1. The van der Waals surface area contributed by atoms with E-state index in [1.807, 2.05) is 24.4 Å². The van der Waals surface area contributed by atoms with E-state index in [4.69, 9.17) is 5.73 Å². The number of fused-ring (bicyclic) bond motifs is 1. The van der Waals surface area contributed by atoms with Crippen LogP contribution in [0, 0.1) is 5.92 Å². The number of hydrogen-bond donors (Lipinski definition) is 2. The molecule has 1 aliphatic rings. The quantitative estimate of drug-likeness (QED) is 0.767. The molecule has 1 fully saturated rings. The van der Waals surface area contributed by atoms with Crippen molar-refractivity contribution in [1.82, 2.24) is 4.98 Å². The van der Waals surface area contributed by atoms with Crippen molar-refractivity contribution in [2.45, 2.75) is 19.4 Å². The van der Waals surface area contributed by atoms with E-state index in [0.717, 1.165) is 35.1 Å². The first kappa shape index (κ1) is 12.2. The molecule has 0 aliphatic carbocycles. The number of nitrogens with zero attached hydrogens (tertiary/aromatic N) is 2. The Morgan fingerprint density at radius 2 is 2.16 bits per heavy atom. The fourth-order valence-electron chi connectivity index (χ4n) is 2.74. The number of aliphatic hydroxyl groups is 1. The van der Waals surface area contributed by atoms with Gasteiger partial charge in [0.25, 0.3) is 0 Å². The molecule has 0 amide bonds. The molecule has 1 aromatic heterocycles. The van der Waals surface area contributed by atoms with Gasteiger partial charge in [-0.1, -0.05) is 6.92 Å². The number of β-amino-alcohol motifs (C(OH)–C–C–N with tert-alkyl or cyclic N) is 1. The van der Waals surface area contributed by atoms with Crippen molar-refractivity contribution in [2.24, 2.45) is 5.92 Å². The molecule has 4 nitrogen and oxygen atoms in total. The molecule has 0 saturated carbocycles. The monoisotopic (exact) mass is 257 g/mol. The minimum Gasteiger partial charge on any atom is -0.398 e. The Bertz CT molecular complexity index is 599. The number of aliphatic hydroxyl groups excluding tert-OH is 1. The molecule has 0 spiro atoms.